The third kappa shape index (κ3) is 2.03. The van der Waals surface area contributed by atoms with Gasteiger partial charge in [-0.3, -0.25) is 4.79 Å². The van der Waals surface area contributed by atoms with Crippen LogP contribution < -0.4 is 5.32 Å². The molecule has 1 aromatic rings. The van der Waals surface area contributed by atoms with Crippen molar-refractivity contribution in [3.8, 4) is 0 Å². The Labute approximate surface area is 116 Å². The van der Waals surface area contributed by atoms with Crippen LogP contribution >= 0.6 is 11.6 Å². The van der Waals surface area contributed by atoms with Crippen LogP contribution in [0.3, 0.4) is 0 Å². The second-order valence-electron chi connectivity index (χ2n) is 5.17. The molecule has 3 rings (SSSR count). The lowest BCUT2D eigenvalue weighted by Gasteiger charge is -2.47. The van der Waals surface area contributed by atoms with Gasteiger partial charge in [0.05, 0.1) is 16.7 Å². The number of halogens is 2. The molecule has 1 heterocycles. The number of rotatable bonds is 1. The fourth-order valence-corrected chi connectivity index (χ4v) is 3.49. The average Bonchev–Trinajstić information content (AvgIpc) is 2.41. The SMILES string of the molecule is O=C1COC2CCCCC2(c2cccc(F)c2Cl)N1. The first-order chi connectivity index (χ1) is 9.13. The molecule has 1 saturated heterocycles. The van der Waals surface area contributed by atoms with Crippen LogP contribution in [0.25, 0.3) is 0 Å². The zero-order chi connectivity index (χ0) is 13.5. The van der Waals surface area contributed by atoms with E-state index in [1.54, 1.807) is 12.1 Å². The summed E-state index contributed by atoms with van der Waals surface area (Å²) in [6, 6.07) is 4.72. The molecule has 2 atom stereocenters. The van der Waals surface area contributed by atoms with E-state index in [9.17, 15) is 9.18 Å². The van der Waals surface area contributed by atoms with Crippen molar-refractivity contribution in [1.29, 1.82) is 0 Å². The molecule has 1 aromatic carbocycles. The molecule has 1 aliphatic heterocycles. The van der Waals surface area contributed by atoms with Crippen molar-refractivity contribution in [3.05, 3.63) is 34.6 Å². The highest BCUT2D eigenvalue weighted by Crippen LogP contribution is 2.43. The van der Waals surface area contributed by atoms with Gasteiger partial charge in [-0.25, -0.2) is 4.39 Å². The maximum atomic E-state index is 13.7. The molecule has 2 fully saturated rings. The molecule has 1 amide bonds. The van der Waals surface area contributed by atoms with Gasteiger partial charge in [0.2, 0.25) is 5.91 Å². The van der Waals surface area contributed by atoms with E-state index in [0.29, 0.717) is 5.56 Å². The van der Waals surface area contributed by atoms with E-state index in [0.717, 1.165) is 25.7 Å². The zero-order valence-corrected chi connectivity index (χ0v) is 11.2. The average molecular weight is 284 g/mol. The zero-order valence-electron chi connectivity index (χ0n) is 10.4. The first-order valence-electron chi connectivity index (χ1n) is 6.50. The topological polar surface area (TPSA) is 38.3 Å². The molecule has 1 aliphatic carbocycles. The Bertz CT molecular complexity index is 522. The first-order valence-corrected chi connectivity index (χ1v) is 6.88. The van der Waals surface area contributed by atoms with Gasteiger partial charge in [-0.1, -0.05) is 36.6 Å². The fraction of sp³-hybridized carbons (Fsp3) is 0.500. The molecule has 0 radical (unpaired) electrons. The first kappa shape index (κ1) is 12.9. The van der Waals surface area contributed by atoms with E-state index in [-0.39, 0.29) is 23.6 Å². The lowest BCUT2D eigenvalue weighted by Crippen LogP contribution is -2.61. The smallest absolute Gasteiger partial charge is 0.246 e. The molecule has 102 valence electrons. The number of nitrogens with one attached hydrogen (secondary N) is 1. The van der Waals surface area contributed by atoms with E-state index < -0.39 is 11.4 Å². The highest BCUT2D eigenvalue weighted by molar-refractivity contribution is 6.31. The summed E-state index contributed by atoms with van der Waals surface area (Å²) in [6.07, 6.45) is 3.47. The molecular formula is C14H15ClFNO2. The van der Waals surface area contributed by atoms with Crippen molar-refractivity contribution in [1.82, 2.24) is 5.32 Å². The monoisotopic (exact) mass is 283 g/mol. The lowest BCUT2D eigenvalue weighted by molar-refractivity contribution is -0.148. The van der Waals surface area contributed by atoms with Crippen molar-refractivity contribution < 1.29 is 13.9 Å². The maximum absolute atomic E-state index is 13.7. The molecule has 1 saturated carbocycles. The molecule has 0 aromatic heterocycles. The largest absolute Gasteiger partial charge is 0.366 e. The molecule has 2 unspecified atom stereocenters. The minimum absolute atomic E-state index is 0.0688. The number of fused-ring (bicyclic) bond motifs is 1. The van der Waals surface area contributed by atoms with Crippen LogP contribution in [0.4, 0.5) is 4.39 Å². The van der Waals surface area contributed by atoms with Gasteiger partial charge in [-0.05, 0) is 18.9 Å². The van der Waals surface area contributed by atoms with Crippen LogP contribution in [0.15, 0.2) is 18.2 Å². The third-order valence-electron chi connectivity index (χ3n) is 4.05. The Morgan fingerprint density at radius 3 is 3.11 bits per heavy atom. The molecule has 2 aliphatic rings. The number of ether oxygens (including phenoxy) is 1. The van der Waals surface area contributed by atoms with Gasteiger partial charge in [0.15, 0.2) is 0 Å². The van der Waals surface area contributed by atoms with E-state index >= 15 is 0 Å². The van der Waals surface area contributed by atoms with Crippen LogP contribution in [0.5, 0.6) is 0 Å². The summed E-state index contributed by atoms with van der Waals surface area (Å²) in [5, 5.41) is 3.08. The molecule has 0 spiro atoms. The van der Waals surface area contributed by atoms with E-state index in [1.807, 2.05) is 0 Å². The van der Waals surface area contributed by atoms with Gasteiger partial charge < -0.3 is 10.1 Å². The Hall–Kier alpha value is -1.13. The Morgan fingerprint density at radius 1 is 1.42 bits per heavy atom. The molecular weight excluding hydrogens is 269 g/mol. The predicted molar refractivity (Wildman–Crippen MR) is 69.4 cm³/mol. The Morgan fingerprint density at radius 2 is 2.26 bits per heavy atom. The van der Waals surface area contributed by atoms with E-state index in [4.69, 9.17) is 16.3 Å². The number of hydrogen-bond acceptors (Lipinski definition) is 2. The van der Waals surface area contributed by atoms with Crippen LogP contribution in [0.1, 0.15) is 31.2 Å². The number of carbonyl (C=O) groups excluding carboxylic acids is 1. The number of benzene rings is 1. The summed E-state index contributed by atoms with van der Waals surface area (Å²) >= 11 is 6.11. The minimum atomic E-state index is -0.674. The Balaban J connectivity index is 2.11. The fourth-order valence-electron chi connectivity index (χ4n) is 3.19. The molecule has 0 bridgehead atoms. The second-order valence-corrected chi connectivity index (χ2v) is 5.54. The molecule has 1 N–H and O–H groups in total. The summed E-state index contributed by atoms with van der Waals surface area (Å²) in [5.74, 6) is -0.629. The highest BCUT2D eigenvalue weighted by Gasteiger charge is 2.48. The predicted octanol–water partition coefficient (Wildman–Crippen LogP) is 2.76. The summed E-state index contributed by atoms with van der Waals surface area (Å²) in [4.78, 5) is 11.7. The summed E-state index contributed by atoms with van der Waals surface area (Å²) in [6.45, 7) is 0.0688. The van der Waals surface area contributed by atoms with Gasteiger partial charge in [0, 0.05) is 5.56 Å². The maximum Gasteiger partial charge on any atom is 0.246 e. The number of hydrogen-bond donors (Lipinski definition) is 1. The van der Waals surface area contributed by atoms with Crippen molar-refractivity contribution in [2.45, 2.75) is 37.3 Å². The number of carbonyl (C=O) groups is 1. The highest BCUT2D eigenvalue weighted by atomic mass is 35.5. The van der Waals surface area contributed by atoms with Gasteiger partial charge >= 0.3 is 0 Å². The van der Waals surface area contributed by atoms with Gasteiger partial charge in [-0.15, -0.1) is 0 Å². The summed E-state index contributed by atoms with van der Waals surface area (Å²) in [5.41, 5.74) is -0.0424. The van der Waals surface area contributed by atoms with Crippen LogP contribution in [0.2, 0.25) is 5.02 Å². The standard InChI is InChI=1S/C14H15ClFNO2/c15-13-9(4-3-5-10(13)16)14-7-2-1-6-11(14)19-8-12(18)17-14/h3-5,11H,1-2,6-8H2,(H,17,18). The van der Waals surface area contributed by atoms with Crippen LogP contribution in [-0.4, -0.2) is 18.6 Å². The van der Waals surface area contributed by atoms with Gasteiger partial charge in [-0.2, -0.15) is 0 Å². The lowest BCUT2D eigenvalue weighted by atomic mass is 9.73. The molecule has 19 heavy (non-hydrogen) atoms. The van der Waals surface area contributed by atoms with Gasteiger partial charge in [0.25, 0.3) is 0 Å². The summed E-state index contributed by atoms with van der Waals surface area (Å²) < 4.78 is 19.4. The van der Waals surface area contributed by atoms with Crippen molar-refractivity contribution in [2.75, 3.05) is 6.61 Å². The Kier molecular flexibility index (Phi) is 3.23. The minimum Gasteiger partial charge on any atom is -0.366 e. The number of amides is 1. The van der Waals surface area contributed by atoms with Crippen LogP contribution in [-0.2, 0) is 15.1 Å². The van der Waals surface area contributed by atoms with Crippen molar-refractivity contribution in [3.63, 3.8) is 0 Å². The number of morpholine rings is 1. The van der Waals surface area contributed by atoms with E-state index in [2.05, 4.69) is 5.32 Å². The third-order valence-corrected chi connectivity index (χ3v) is 4.43. The van der Waals surface area contributed by atoms with E-state index in [1.165, 1.54) is 6.07 Å². The quantitative estimate of drug-likeness (QED) is 0.861. The van der Waals surface area contributed by atoms with Crippen LogP contribution in [0, 0.1) is 5.82 Å². The second kappa shape index (κ2) is 4.76. The normalized spacial score (nSPS) is 30.6. The summed E-state index contributed by atoms with van der Waals surface area (Å²) in [7, 11) is 0. The molecule has 5 heteroatoms. The van der Waals surface area contributed by atoms with Crippen molar-refractivity contribution >= 4 is 17.5 Å². The molecule has 3 nitrogen and oxygen atoms in total. The van der Waals surface area contributed by atoms with Gasteiger partial charge in [0.1, 0.15) is 12.4 Å². The van der Waals surface area contributed by atoms with Crippen molar-refractivity contribution in [2.24, 2.45) is 0 Å².